The van der Waals surface area contributed by atoms with Gasteiger partial charge in [0.15, 0.2) is 0 Å². The van der Waals surface area contributed by atoms with Gasteiger partial charge in [-0.1, -0.05) is 146 Å². The van der Waals surface area contributed by atoms with Crippen molar-refractivity contribution in [2.24, 2.45) is 0 Å². The quantitative estimate of drug-likeness (QED) is 0.172. The molecule has 11 aromatic rings. The minimum atomic E-state index is 1.15. The van der Waals surface area contributed by atoms with E-state index in [0.29, 0.717) is 0 Å². The van der Waals surface area contributed by atoms with Gasteiger partial charge in [0.1, 0.15) is 0 Å². The van der Waals surface area contributed by atoms with Crippen molar-refractivity contribution in [3.8, 4) is 55.9 Å². The molecular weight excluding hydrogens is 653 g/mol. The van der Waals surface area contributed by atoms with Crippen LogP contribution in [0.2, 0.25) is 0 Å². The summed E-state index contributed by atoms with van der Waals surface area (Å²) in [6.45, 7) is 0. The van der Waals surface area contributed by atoms with Crippen LogP contribution >= 0.6 is 0 Å². The zero-order chi connectivity index (χ0) is 35.3. The summed E-state index contributed by atoms with van der Waals surface area (Å²) < 4.78 is 4.92. The van der Waals surface area contributed by atoms with Crippen molar-refractivity contribution in [1.29, 1.82) is 0 Å². The number of para-hydroxylation sites is 2. The smallest absolute Gasteiger partial charge is 0.0548 e. The fourth-order valence-electron chi connectivity index (χ4n) is 9.38. The van der Waals surface area contributed by atoms with Crippen molar-refractivity contribution in [1.82, 2.24) is 9.13 Å². The predicted octanol–water partition coefficient (Wildman–Crippen LogP) is 14.0. The molecule has 0 saturated carbocycles. The summed E-state index contributed by atoms with van der Waals surface area (Å²) in [4.78, 5) is 0. The first-order valence-corrected chi connectivity index (χ1v) is 18.7. The van der Waals surface area contributed by atoms with Gasteiger partial charge in [-0.2, -0.15) is 0 Å². The molecule has 1 aliphatic carbocycles. The first-order chi connectivity index (χ1) is 26.8. The van der Waals surface area contributed by atoms with Gasteiger partial charge in [-0.05, 0) is 104 Å². The molecule has 1 aliphatic rings. The molecule has 0 unspecified atom stereocenters. The van der Waals surface area contributed by atoms with Crippen molar-refractivity contribution in [3.63, 3.8) is 0 Å². The highest BCUT2D eigenvalue weighted by Gasteiger charge is 2.24. The summed E-state index contributed by atoms with van der Waals surface area (Å²) in [5.74, 6) is 0. The van der Waals surface area contributed by atoms with Crippen LogP contribution in [-0.4, -0.2) is 9.13 Å². The molecule has 0 spiro atoms. The minimum Gasteiger partial charge on any atom is -0.309 e. The van der Waals surface area contributed by atoms with Crippen LogP contribution in [0.3, 0.4) is 0 Å². The highest BCUT2D eigenvalue weighted by Crippen LogP contribution is 2.49. The summed E-state index contributed by atoms with van der Waals surface area (Å²) in [5, 5.41) is 7.57. The van der Waals surface area contributed by atoms with Gasteiger partial charge in [-0.15, -0.1) is 0 Å². The van der Waals surface area contributed by atoms with Gasteiger partial charge in [-0.25, -0.2) is 0 Å². The normalized spacial score (nSPS) is 12.1. The Morgan fingerprint density at radius 2 is 0.630 bits per heavy atom. The number of fused-ring (bicyclic) bond motifs is 16. The highest BCUT2D eigenvalue weighted by molar-refractivity contribution is 6.29. The molecular formula is C52H32N2. The van der Waals surface area contributed by atoms with Crippen LogP contribution in [0, 0.1) is 0 Å². The Balaban J connectivity index is 1.16. The van der Waals surface area contributed by atoms with Crippen LogP contribution in [0.15, 0.2) is 194 Å². The predicted molar refractivity (Wildman–Crippen MR) is 228 cm³/mol. The minimum absolute atomic E-state index is 1.15. The molecule has 2 heterocycles. The van der Waals surface area contributed by atoms with Crippen molar-refractivity contribution in [2.45, 2.75) is 0 Å². The van der Waals surface area contributed by atoms with Gasteiger partial charge in [0.2, 0.25) is 0 Å². The molecule has 0 N–H and O–H groups in total. The average molecular weight is 685 g/mol. The molecule has 54 heavy (non-hydrogen) atoms. The molecule has 9 aromatic carbocycles. The molecule has 2 heteroatoms. The summed E-state index contributed by atoms with van der Waals surface area (Å²) in [6, 6.07) is 71.6. The molecule has 0 bridgehead atoms. The lowest BCUT2D eigenvalue weighted by Crippen LogP contribution is -2.00. The lowest BCUT2D eigenvalue weighted by molar-refractivity contribution is 1.17. The van der Waals surface area contributed by atoms with Crippen molar-refractivity contribution >= 4 is 54.4 Å². The van der Waals surface area contributed by atoms with Crippen molar-refractivity contribution in [2.75, 3.05) is 0 Å². The highest BCUT2D eigenvalue weighted by atomic mass is 15.0. The lowest BCUT2D eigenvalue weighted by Gasteiger charge is -2.23. The van der Waals surface area contributed by atoms with E-state index in [1.807, 2.05) is 0 Å². The molecule has 2 aromatic heterocycles. The topological polar surface area (TPSA) is 9.86 Å². The van der Waals surface area contributed by atoms with Crippen LogP contribution in [0.25, 0.3) is 110 Å². The molecule has 0 atom stereocenters. The Morgan fingerprint density at radius 3 is 1.17 bits per heavy atom. The Kier molecular flexibility index (Phi) is 6.09. The third-order valence-electron chi connectivity index (χ3n) is 11.7. The van der Waals surface area contributed by atoms with E-state index < -0.39 is 0 Å². The SMILES string of the molecule is c1ccc2c(c1)-c1ccccc1-c1ccc(-n3c4ccccc4c4c5c6ccccc6n(-c6ccc7ccccc7c6)c5ccc43)cc1-c1ccccc1-2. The maximum atomic E-state index is 2.48. The van der Waals surface area contributed by atoms with Gasteiger partial charge in [-0.3, -0.25) is 0 Å². The summed E-state index contributed by atoms with van der Waals surface area (Å²) in [6.07, 6.45) is 0. The summed E-state index contributed by atoms with van der Waals surface area (Å²) in [7, 11) is 0. The van der Waals surface area contributed by atoms with E-state index in [9.17, 15) is 0 Å². The van der Waals surface area contributed by atoms with Crippen molar-refractivity contribution < 1.29 is 0 Å². The van der Waals surface area contributed by atoms with Crippen LogP contribution in [0.4, 0.5) is 0 Å². The second-order valence-electron chi connectivity index (χ2n) is 14.5. The fraction of sp³-hybridized carbons (Fsp3) is 0. The van der Waals surface area contributed by atoms with E-state index in [1.54, 1.807) is 0 Å². The van der Waals surface area contributed by atoms with Gasteiger partial charge >= 0.3 is 0 Å². The largest absolute Gasteiger partial charge is 0.309 e. The third-order valence-corrected chi connectivity index (χ3v) is 11.7. The van der Waals surface area contributed by atoms with Crippen LogP contribution in [-0.2, 0) is 0 Å². The van der Waals surface area contributed by atoms with Crippen LogP contribution in [0.5, 0.6) is 0 Å². The Morgan fingerprint density at radius 1 is 0.241 bits per heavy atom. The Labute approximate surface area is 312 Å². The molecule has 0 saturated heterocycles. The second kappa shape index (κ2) is 11.2. The van der Waals surface area contributed by atoms with Crippen molar-refractivity contribution in [3.05, 3.63) is 194 Å². The maximum Gasteiger partial charge on any atom is 0.0548 e. The zero-order valence-electron chi connectivity index (χ0n) is 29.4. The Hall–Kier alpha value is -7.16. The number of nitrogens with zero attached hydrogens (tertiary/aromatic N) is 2. The number of aromatic nitrogens is 2. The van der Waals surface area contributed by atoms with Crippen LogP contribution < -0.4 is 0 Å². The van der Waals surface area contributed by atoms with E-state index in [1.165, 1.54) is 105 Å². The van der Waals surface area contributed by atoms with E-state index >= 15 is 0 Å². The molecule has 2 nitrogen and oxygen atoms in total. The molecule has 0 amide bonds. The van der Waals surface area contributed by atoms with Gasteiger partial charge in [0.25, 0.3) is 0 Å². The van der Waals surface area contributed by atoms with E-state index in [2.05, 4.69) is 203 Å². The molecule has 12 rings (SSSR count). The standard InChI is InChI=1S/C52H32N2/c1-2-14-34-31-35(26-25-33(34)13-1)53-47-23-11-9-21-44(47)51-49(53)29-30-50-52(51)45-22-10-12-24-48(45)54(50)36-27-28-43-41-19-6-5-17-39(41)37-15-3-4-16-38(37)40-18-7-8-20-42(40)46(43)32-36/h1-32H. The summed E-state index contributed by atoms with van der Waals surface area (Å²) >= 11 is 0. The first kappa shape index (κ1) is 29.4. The zero-order valence-corrected chi connectivity index (χ0v) is 29.4. The fourth-order valence-corrected chi connectivity index (χ4v) is 9.38. The van der Waals surface area contributed by atoms with Gasteiger partial charge < -0.3 is 9.13 Å². The molecule has 0 radical (unpaired) electrons. The number of benzene rings is 9. The van der Waals surface area contributed by atoms with E-state index in [0.717, 1.165) is 5.69 Å². The number of hydrogen-bond donors (Lipinski definition) is 0. The van der Waals surface area contributed by atoms with Gasteiger partial charge in [0.05, 0.1) is 22.1 Å². The Bertz CT molecular complexity index is 3330. The van der Waals surface area contributed by atoms with E-state index in [4.69, 9.17) is 0 Å². The number of rotatable bonds is 2. The van der Waals surface area contributed by atoms with E-state index in [-0.39, 0.29) is 0 Å². The average Bonchev–Trinajstić information content (AvgIpc) is 3.76. The second-order valence-corrected chi connectivity index (χ2v) is 14.5. The molecule has 0 aliphatic heterocycles. The first-order valence-electron chi connectivity index (χ1n) is 18.7. The number of hydrogen-bond acceptors (Lipinski definition) is 0. The summed E-state index contributed by atoms with van der Waals surface area (Å²) in [5.41, 5.74) is 17.2. The lowest BCUT2D eigenvalue weighted by atomic mass is 9.81. The molecule has 250 valence electrons. The molecule has 0 fully saturated rings. The maximum absolute atomic E-state index is 2.48. The van der Waals surface area contributed by atoms with Gasteiger partial charge in [0, 0.05) is 32.9 Å². The third kappa shape index (κ3) is 4.05. The monoisotopic (exact) mass is 684 g/mol. The van der Waals surface area contributed by atoms with Crippen LogP contribution in [0.1, 0.15) is 0 Å².